The summed E-state index contributed by atoms with van der Waals surface area (Å²) >= 11 is -1.53. The molecule has 1 N–H and O–H groups in total. The van der Waals surface area contributed by atoms with Gasteiger partial charge in [0.1, 0.15) is 0 Å². The van der Waals surface area contributed by atoms with E-state index in [1.165, 1.54) is 0 Å². The van der Waals surface area contributed by atoms with Crippen molar-refractivity contribution in [3.05, 3.63) is 48.0 Å². The number of quaternary nitrogens is 1. The molecular formula is C20H30I2N3O4+. The van der Waals surface area contributed by atoms with Gasteiger partial charge in [0.15, 0.2) is 0 Å². The van der Waals surface area contributed by atoms with Gasteiger partial charge in [-0.25, -0.2) is 0 Å². The third-order valence-corrected chi connectivity index (χ3v) is 11.4. The maximum absolute atomic E-state index is 12.1. The SMILES string of the molecule is C[N+](C)(C)CCOC(=O)C[C@@H](/C=C/CCNC(=O)Cc1ccccc1)OI1N=I1. The van der Waals surface area contributed by atoms with Crippen molar-refractivity contribution in [1.82, 2.24) is 5.32 Å². The van der Waals surface area contributed by atoms with Gasteiger partial charge in [-0.2, -0.15) is 0 Å². The van der Waals surface area contributed by atoms with Gasteiger partial charge in [0.2, 0.25) is 0 Å². The Hall–Kier alpha value is -0.920. The third-order valence-electron chi connectivity index (χ3n) is 3.89. The molecule has 1 aliphatic heterocycles. The van der Waals surface area contributed by atoms with Gasteiger partial charge in [0.25, 0.3) is 0 Å². The second kappa shape index (κ2) is 12.7. The molecule has 1 atom stereocenters. The van der Waals surface area contributed by atoms with Gasteiger partial charge in [0.05, 0.1) is 0 Å². The van der Waals surface area contributed by atoms with E-state index in [9.17, 15) is 9.59 Å². The molecule has 0 fully saturated rings. The molecule has 1 aromatic rings. The van der Waals surface area contributed by atoms with Gasteiger partial charge >= 0.3 is 182 Å². The normalized spacial score (nSPS) is 15.6. The van der Waals surface area contributed by atoms with Gasteiger partial charge < -0.3 is 0 Å². The summed E-state index contributed by atoms with van der Waals surface area (Å²) in [6.07, 6.45) is 4.92. The Balaban J connectivity index is 1.66. The van der Waals surface area contributed by atoms with Crippen molar-refractivity contribution in [3.63, 3.8) is 0 Å². The van der Waals surface area contributed by atoms with E-state index in [0.717, 1.165) is 16.6 Å². The van der Waals surface area contributed by atoms with Crippen LogP contribution in [0.3, 0.4) is 0 Å². The van der Waals surface area contributed by atoms with Crippen molar-refractivity contribution in [2.75, 3.05) is 40.8 Å². The van der Waals surface area contributed by atoms with Crippen LogP contribution in [0, 0.1) is 0 Å². The average molecular weight is 630 g/mol. The Morgan fingerprint density at radius 1 is 1.28 bits per heavy atom. The summed E-state index contributed by atoms with van der Waals surface area (Å²) in [6, 6.07) is 9.67. The topological polar surface area (TPSA) is 77.0 Å². The van der Waals surface area contributed by atoms with Crippen LogP contribution in [0.1, 0.15) is 18.4 Å². The first-order chi connectivity index (χ1) is 13.8. The first-order valence-electron chi connectivity index (χ1n) is 9.49. The van der Waals surface area contributed by atoms with Crippen LogP contribution < -0.4 is 5.32 Å². The quantitative estimate of drug-likeness (QED) is 0.119. The van der Waals surface area contributed by atoms with Gasteiger partial charge in [-0.15, -0.1) is 0 Å². The number of nitrogens with one attached hydrogen (secondary N) is 1. The predicted molar refractivity (Wildman–Crippen MR) is 131 cm³/mol. The Morgan fingerprint density at radius 2 is 2.00 bits per heavy atom. The summed E-state index contributed by atoms with van der Waals surface area (Å²) in [5.74, 6) is -0.228. The zero-order chi connectivity index (χ0) is 21.1. The molecule has 0 unspecified atom stereocenters. The number of benzene rings is 1. The van der Waals surface area contributed by atoms with E-state index in [-0.39, 0.29) is 41.5 Å². The minimum absolute atomic E-state index is 0.00752. The molecule has 0 radical (unpaired) electrons. The van der Waals surface area contributed by atoms with E-state index >= 15 is 0 Å². The average Bonchev–Trinajstić information content (AvgIpc) is 3.45. The van der Waals surface area contributed by atoms with Crippen molar-refractivity contribution < 1.29 is 21.9 Å². The van der Waals surface area contributed by atoms with Crippen molar-refractivity contribution >= 4 is 45.5 Å². The van der Waals surface area contributed by atoms with E-state index in [2.05, 4.69) is 27.8 Å². The standard InChI is InChI=1S/C20H29I2N3O4/c1-25(2,3)13-14-28-20(27)16-18(29-22-21-24-22)11-7-8-12-23-19(26)15-17-9-5-4-6-10-17/h4-7,9-11,18H,8,12-16H2,1-3H3/p+1/b11-7+/t18-/m1/s1. The molecule has 1 aliphatic rings. The number of ether oxygens (including phenoxy) is 1. The fourth-order valence-electron chi connectivity index (χ4n) is 2.31. The summed E-state index contributed by atoms with van der Waals surface area (Å²) in [5.41, 5.74) is 1.000. The Labute approximate surface area is 187 Å². The fourth-order valence-corrected chi connectivity index (χ4v) is 9.14. The molecule has 9 heteroatoms. The Bertz CT molecular complexity index is 714. The van der Waals surface area contributed by atoms with Crippen molar-refractivity contribution in [2.24, 2.45) is 1.36 Å². The van der Waals surface area contributed by atoms with E-state index in [1.807, 2.05) is 42.5 Å². The Kier molecular flexibility index (Phi) is 10.7. The summed E-state index contributed by atoms with van der Waals surface area (Å²) in [7, 11) is 6.18. The zero-order valence-electron chi connectivity index (χ0n) is 17.1. The number of hydrogen-bond acceptors (Lipinski definition) is 5. The fraction of sp³-hybridized carbons (Fsp3) is 0.500. The molecular weight excluding hydrogens is 600 g/mol. The minimum atomic E-state index is -1.47. The molecule has 29 heavy (non-hydrogen) atoms. The Morgan fingerprint density at radius 3 is 2.66 bits per heavy atom. The van der Waals surface area contributed by atoms with Crippen molar-refractivity contribution in [1.29, 1.82) is 0 Å². The van der Waals surface area contributed by atoms with Gasteiger partial charge in [-0.05, 0) is 0 Å². The molecule has 1 amide bonds. The molecule has 2 rings (SSSR count). The van der Waals surface area contributed by atoms with Crippen molar-refractivity contribution in [2.45, 2.75) is 25.4 Å². The second-order valence-electron chi connectivity index (χ2n) is 7.61. The van der Waals surface area contributed by atoms with E-state index < -0.39 is 16.5 Å². The molecule has 0 spiro atoms. The molecule has 7 nitrogen and oxygen atoms in total. The number of hydrogen-bond donors (Lipinski definition) is 1. The van der Waals surface area contributed by atoms with Crippen LogP contribution in [0.4, 0.5) is 0 Å². The summed E-state index contributed by atoms with van der Waals surface area (Å²) in [5, 5.41) is 2.91. The molecule has 0 saturated heterocycles. The number of rotatable bonds is 13. The van der Waals surface area contributed by atoms with E-state index in [0.29, 0.717) is 26.0 Å². The predicted octanol–water partition coefficient (Wildman–Crippen LogP) is 3.74. The van der Waals surface area contributed by atoms with E-state index in [1.54, 1.807) is 0 Å². The first-order valence-corrected chi connectivity index (χ1v) is 18.6. The number of amides is 1. The zero-order valence-corrected chi connectivity index (χ0v) is 21.5. The summed E-state index contributed by atoms with van der Waals surface area (Å²) < 4.78 is 16.4. The number of carbonyl (C=O) groups excluding carboxylic acids is 2. The molecule has 0 saturated carbocycles. The van der Waals surface area contributed by atoms with Crippen LogP contribution in [0.5, 0.6) is 0 Å². The van der Waals surface area contributed by atoms with Gasteiger partial charge in [-0.1, -0.05) is 6.07 Å². The monoisotopic (exact) mass is 630 g/mol. The van der Waals surface area contributed by atoms with Crippen LogP contribution in [-0.2, 0) is 23.8 Å². The van der Waals surface area contributed by atoms with Crippen LogP contribution in [0.2, 0.25) is 0 Å². The molecule has 0 bridgehead atoms. The number of likely N-dealkylation sites (N-methyl/N-ethyl adjacent to an activating group) is 1. The molecule has 0 aliphatic carbocycles. The van der Waals surface area contributed by atoms with Crippen LogP contribution in [-0.4, -0.2) is 63.3 Å². The van der Waals surface area contributed by atoms with Gasteiger partial charge in [0, 0.05) is 0 Å². The van der Waals surface area contributed by atoms with E-state index in [4.69, 9.17) is 7.80 Å². The van der Waals surface area contributed by atoms with Crippen LogP contribution in [0.25, 0.3) is 0 Å². The summed E-state index contributed by atoms with van der Waals surface area (Å²) in [6.45, 7) is 1.74. The number of nitrogens with zero attached hydrogens (tertiary/aromatic N) is 2. The summed E-state index contributed by atoms with van der Waals surface area (Å²) in [4.78, 5) is 24.0. The van der Waals surface area contributed by atoms with Gasteiger partial charge in [-0.3, -0.25) is 0 Å². The van der Waals surface area contributed by atoms with Crippen LogP contribution >= 0.6 is 33.6 Å². The maximum atomic E-state index is 12.1. The molecule has 1 aromatic carbocycles. The third kappa shape index (κ3) is 12.4. The number of esters is 1. The van der Waals surface area contributed by atoms with Crippen LogP contribution in [0.15, 0.2) is 43.8 Å². The molecule has 1 heterocycles. The van der Waals surface area contributed by atoms with Crippen molar-refractivity contribution in [3.8, 4) is 0 Å². The molecule has 0 aromatic heterocycles. The second-order valence-corrected chi connectivity index (χ2v) is 19.5. The molecule has 162 valence electrons. The first kappa shape index (κ1) is 24.4. The number of halogens is 2. The number of carbonyl (C=O) groups is 2.